The first-order valence-corrected chi connectivity index (χ1v) is 6.97. The van der Waals surface area contributed by atoms with Gasteiger partial charge in [-0.05, 0) is 31.2 Å². The molecule has 0 amide bonds. The molecule has 0 fully saturated rings. The van der Waals surface area contributed by atoms with Crippen LogP contribution in [0.5, 0.6) is 0 Å². The maximum Gasteiger partial charge on any atom is 0.307 e. The maximum absolute atomic E-state index is 10.7. The van der Waals surface area contributed by atoms with Crippen LogP contribution >= 0.6 is 11.6 Å². The molecule has 3 rings (SSSR count). The Hall–Kier alpha value is -3.00. The fraction of sp³-hybridized carbons (Fsp3) is 0.0714. The summed E-state index contributed by atoms with van der Waals surface area (Å²) in [4.78, 5) is 18.8. The molecule has 2 heterocycles. The predicted molar refractivity (Wildman–Crippen MR) is 85.3 cm³/mol. The number of benzene rings is 1. The fourth-order valence-electron chi connectivity index (χ4n) is 1.92. The van der Waals surface area contributed by atoms with Gasteiger partial charge in [-0.1, -0.05) is 11.6 Å². The molecule has 0 saturated carbocycles. The summed E-state index contributed by atoms with van der Waals surface area (Å²) < 4.78 is 1.26. The Labute approximate surface area is 135 Å². The molecule has 1 aromatic carbocycles. The second-order valence-electron chi connectivity index (χ2n) is 4.73. The Morgan fingerprint density at radius 1 is 1.26 bits per heavy atom. The summed E-state index contributed by atoms with van der Waals surface area (Å²) in [6, 6.07) is 8.91. The lowest BCUT2D eigenvalue weighted by molar-refractivity contribution is -0.384. The fourth-order valence-corrected chi connectivity index (χ4v) is 2.04. The third-order valence-electron chi connectivity index (χ3n) is 2.94. The largest absolute Gasteiger partial charge is 0.340 e. The molecule has 0 aliphatic heterocycles. The average molecular weight is 331 g/mol. The standard InChI is InChI=1S/C14H11ClN6O2/c1-9-6-13(18-11-4-2-10(15)3-5-11)19-14(17-9)20-8-12(7-16-20)21(22)23/h2-8H,1H3,(H,17,18,19). The van der Waals surface area contributed by atoms with Crippen LogP contribution in [0.2, 0.25) is 5.02 Å². The van der Waals surface area contributed by atoms with E-state index in [-0.39, 0.29) is 11.6 Å². The topological polar surface area (TPSA) is 98.8 Å². The van der Waals surface area contributed by atoms with Crippen molar-refractivity contribution in [2.24, 2.45) is 0 Å². The number of nitrogens with one attached hydrogen (secondary N) is 1. The van der Waals surface area contributed by atoms with E-state index in [1.165, 1.54) is 10.9 Å². The number of halogens is 1. The minimum Gasteiger partial charge on any atom is -0.340 e. The van der Waals surface area contributed by atoms with Gasteiger partial charge in [0.1, 0.15) is 18.2 Å². The monoisotopic (exact) mass is 330 g/mol. The van der Waals surface area contributed by atoms with Crippen LogP contribution in [0.4, 0.5) is 17.2 Å². The number of hydrogen-bond donors (Lipinski definition) is 1. The molecule has 0 aliphatic rings. The Balaban J connectivity index is 1.92. The van der Waals surface area contributed by atoms with Gasteiger partial charge in [0.15, 0.2) is 0 Å². The molecule has 23 heavy (non-hydrogen) atoms. The minimum atomic E-state index is -0.522. The Bertz CT molecular complexity index is 862. The van der Waals surface area contributed by atoms with Crippen molar-refractivity contribution in [1.82, 2.24) is 19.7 Å². The zero-order valence-electron chi connectivity index (χ0n) is 12.0. The van der Waals surface area contributed by atoms with Gasteiger partial charge in [0.25, 0.3) is 5.95 Å². The second-order valence-corrected chi connectivity index (χ2v) is 5.16. The summed E-state index contributed by atoms with van der Waals surface area (Å²) in [5.74, 6) is 0.794. The van der Waals surface area contributed by atoms with Crippen LogP contribution in [-0.4, -0.2) is 24.7 Å². The van der Waals surface area contributed by atoms with Crippen molar-refractivity contribution in [1.29, 1.82) is 0 Å². The Kier molecular flexibility index (Phi) is 3.90. The van der Waals surface area contributed by atoms with Crippen LogP contribution in [0.1, 0.15) is 5.69 Å². The van der Waals surface area contributed by atoms with E-state index in [0.717, 1.165) is 11.9 Å². The van der Waals surface area contributed by atoms with E-state index in [0.29, 0.717) is 16.5 Å². The van der Waals surface area contributed by atoms with Crippen LogP contribution in [0.15, 0.2) is 42.7 Å². The van der Waals surface area contributed by atoms with Crippen LogP contribution in [-0.2, 0) is 0 Å². The summed E-state index contributed by atoms with van der Waals surface area (Å²) in [5.41, 5.74) is 1.39. The molecule has 3 aromatic rings. The first-order chi connectivity index (χ1) is 11.0. The Morgan fingerprint density at radius 3 is 2.65 bits per heavy atom. The summed E-state index contributed by atoms with van der Waals surface area (Å²) in [6.07, 6.45) is 2.42. The normalized spacial score (nSPS) is 10.5. The number of nitrogens with zero attached hydrogens (tertiary/aromatic N) is 5. The van der Waals surface area contributed by atoms with E-state index < -0.39 is 4.92 Å². The van der Waals surface area contributed by atoms with Crippen LogP contribution in [0, 0.1) is 17.0 Å². The lowest BCUT2D eigenvalue weighted by atomic mass is 10.3. The highest BCUT2D eigenvalue weighted by atomic mass is 35.5. The molecule has 0 radical (unpaired) electrons. The third-order valence-corrected chi connectivity index (χ3v) is 3.20. The van der Waals surface area contributed by atoms with Crippen LogP contribution < -0.4 is 5.32 Å². The first kappa shape index (κ1) is 14.9. The molecule has 0 saturated heterocycles. The van der Waals surface area contributed by atoms with E-state index in [1.807, 2.05) is 12.1 Å². The third kappa shape index (κ3) is 3.43. The molecule has 116 valence electrons. The summed E-state index contributed by atoms with van der Waals surface area (Å²) in [5, 5.41) is 18.4. The zero-order valence-corrected chi connectivity index (χ0v) is 12.7. The van der Waals surface area contributed by atoms with Crippen molar-refractivity contribution >= 4 is 28.8 Å². The SMILES string of the molecule is Cc1cc(Nc2ccc(Cl)cc2)nc(-n2cc([N+](=O)[O-])cn2)n1. The quantitative estimate of drug-likeness (QED) is 0.582. The first-order valence-electron chi connectivity index (χ1n) is 6.59. The van der Waals surface area contributed by atoms with E-state index in [1.54, 1.807) is 25.1 Å². The van der Waals surface area contributed by atoms with E-state index in [2.05, 4.69) is 20.4 Å². The van der Waals surface area contributed by atoms with Crippen molar-refractivity contribution in [3.63, 3.8) is 0 Å². The Morgan fingerprint density at radius 2 is 2.00 bits per heavy atom. The molecular formula is C14H11ClN6O2. The summed E-state index contributed by atoms with van der Waals surface area (Å²) in [6.45, 7) is 1.80. The van der Waals surface area contributed by atoms with E-state index in [9.17, 15) is 10.1 Å². The highest BCUT2D eigenvalue weighted by Crippen LogP contribution is 2.19. The van der Waals surface area contributed by atoms with Crippen molar-refractivity contribution in [3.05, 3.63) is 63.6 Å². The van der Waals surface area contributed by atoms with Gasteiger partial charge in [-0.2, -0.15) is 14.8 Å². The summed E-state index contributed by atoms with van der Waals surface area (Å²) in [7, 11) is 0. The van der Waals surface area contributed by atoms with Gasteiger partial charge in [-0.15, -0.1) is 0 Å². The molecule has 0 aliphatic carbocycles. The smallest absolute Gasteiger partial charge is 0.307 e. The van der Waals surface area contributed by atoms with Gasteiger partial charge >= 0.3 is 5.69 Å². The zero-order chi connectivity index (χ0) is 16.4. The van der Waals surface area contributed by atoms with Gasteiger partial charge in [0.05, 0.1) is 4.92 Å². The van der Waals surface area contributed by atoms with Gasteiger partial charge in [0.2, 0.25) is 0 Å². The van der Waals surface area contributed by atoms with E-state index in [4.69, 9.17) is 11.6 Å². The van der Waals surface area contributed by atoms with E-state index >= 15 is 0 Å². The number of aromatic nitrogens is 4. The number of nitro groups is 1. The summed E-state index contributed by atoms with van der Waals surface area (Å²) >= 11 is 5.85. The molecule has 0 bridgehead atoms. The molecule has 9 heteroatoms. The highest BCUT2D eigenvalue weighted by Gasteiger charge is 2.12. The molecule has 0 atom stereocenters. The molecule has 2 aromatic heterocycles. The van der Waals surface area contributed by atoms with Crippen LogP contribution in [0.25, 0.3) is 5.95 Å². The van der Waals surface area contributed by atoms with Gasteiger partial charge in [0, 0.05) is 22.5 Å². The number of hydrogen-bond acceptors (Lipinski definition) is 6. The van der Waals surface area contributed by atoms with Gasteiger partial charge in [-0.3, -0.25) is 10.1 Å². The molecule has 0 spiro atoms. The number of aryl methyl sites for hydroxylation is 1. The second kappa shape index (κ2) is 6.01. The van der Waals surface area contributed by atoms with Gasteiger partial charge < -0.3 is 5.32 Å². The molecule has 1 N–H and O–H groups in total. The minimum absolute atomic E-state index is 0.123. The lowest BCUT2D eigenvalue weighted by Gasteiger charge is -2.08. The molecule has 8 nitrogen and oxygen atoms in total. The van der Waals surface area contributed by atoms with Crippen molar-refractivity contribution in [2.75, 3.05) is 5.32 Å². The van der Waals surface area contributed by atoms with Crippen LogP contribution in [0.3, 0.4) is 0 Å². The lowest BCUT2D eigenvalue weighted by Crippen LogP contribution is -2.05. The van der Waals surface area contributed by atoms with Crippen molar-refractivity contribution in [2.45, 2.75) is 6.92 Å². The molecular weight excluding hydrogens is 320 g/mol. The molecule has 0 unspecified atom stereocenters. The van der Waals surface area contributed by atoms with Crippen molar-refractivity contribution < 1.29 is 4.92 Å². The number of rotatable bonds is 4. The predicted octanol–water partition coefficient (Wildman–Crippen LogP) is 3.28. The average Bonchev–Trinajstić information content (AvgIpc) is 2.99. The highest BCUT2D eigenvalue weighted by molar-refractivity contribution is 6.30. The number of anilines is 2. The maximum atomic E-state index is 10.7. The van der Waals surface area contributed by atoms with Gasteiger partial charge in [-0.25, -0.2) is 4.98 Å². The van der Waals surface area contributed by atoms with Crippen molar-refractivity contribution in [3.8, 4) is 5.95 Å².